The summed E-state index contributed by atoms with van der Waals surface area (Å²) in [6, 6.07) is -0.668. The number of aliphatic carboxylic acids is 1. The molecular weight excluding hydrogens is 250 g/mol. The zero-order valence-corrected chi connectivity index (χ0v) is 11.4. The van der Waals surface area contributed by atoms with Gasteiger partial charge in [-0.25, -0.2) is 0 Å². The van der Waals surface area contributed by atoms with Crippen molar-refractivity contribution >= 4 is 17.8 Å². The maximum atomic E-state index is 12.5. The molecule has 1 N–H and O–H groups in total. The molecule has 0 radical (unpaired) electrons. The summed E-state index contributed by atoms with van der Waals surface area (Å²) in [6.45, 7) is 5.73. The van der Waals surface area contributed by atoms with Gasteiger partial charge in [0, 0.05) is 6.42 Å². The Morgan fingerprint density at radius 3 is 2.53 bits per heavy atom. The van der Waals surface area contributed by atoms with E-state index in [0.29, 0.717) is 0 Å². The van der Waals surface area contributed by atoms with E-state index in [4.69, 9.17) is 9.84 Å². The highest BCUT2D eigenvalue weighted by atomic mass is 16.5. The molecule has 2 fully saturated rings. The summed E-state index contributed by atoms with van der Waals surface area (Å²) in [6.07, 6.45) is 0.145. The molecule has 2 aliphatic rings. The zero-order valence-electron chi connectivity index (χ0n) is 11.4. The van der Waals surface area contributed by atoms with E-state index in [1.54, 1.807) is 6.92 Å². The van der Waals surface area contributed by atoms with Gasteiger partial charge in [0.1, 0.15) is 5.92 Å². The monoisotopic (exact) mass is 269 g/mol. The second-order valence-electron chi connectivity index (χ2n) is 5.87. The van der Waals surface area contributed by atoms with E-state index in [-0.39, 0.29) is 37.4 Å². The molecule has 2 amide bonds. The van der Waals surface area contributed by atoms with Gasteiger partial charge in [-0.05, 0) is 12.8 Å². The van der Waals surface area contributed by atoms with Crippen LogP contribution in [-0.2, 0) is 19.1 Å². The van der Waals surface area contributed by atoms with Crippen LogP contribution in [0, 0.1) is 17.3 Å². The first kappa shape index (κ1) is 14.0. The first-order chi connectivity index (χ1) is 8.79. The van der Waals surface area contributed by atoms with Gasteiger partial charge in [-0.15, -0.1) is 0 Å². The summed E-state index contributed by atoms with van der Waals surface area (Å²) in [5, 5.41) is 9.13. The maximum Gasteiger partial charge on any atom is 0.311 e. The minimum atomic E-state index is -1.03. The third-order valence-electron chi connectivity index (χ3n) is 4.47. The number of ether oxygens (including phenoxy) is 1. The second-order valence-corrected chi connectivity index (χ2v) is 5.87. The molecule has 2 rings (SSSR count). The van der Waals surface area contributed by atoms with Gasteiger partial charge in [-0.1, -0.05) is 13.8 Å². The number of rotatable bonds is 3. The molecule has 0 aromatic heterocycles. The van der Waals surface area contributed by atoms with Gasteiger partial charge in [-0.2, -0.15) is 0 Å². The molecule has 2 heterocycles. The maximum absolute atomic E-state index is 12.5. The van der Waals surface area contributed by atoms with Crippen LogP contribution in [0.15, 0.2) is 0 Å². The third kappa shape index (κ3) is 2.04. The molecule has 0 bridgehead atoms. The third-order valence-corrected chi connectivity index (χ3v) is 4.47. The molecule has 3 unspecified atom stereocenters. The van der Waals surface area contributed by atoms with E-state index in [0.717, 1.165) is 4.90 Å². The van der Waals surface area contributed by atoms with Crippen LogP contribution in [0.5, 0.6) is 0 Å². The number of hydrogen-bond donors (Lipinski definition) is 1. The molecule has 6 nitrogen and oxygen atoms in total. The number of likely N-dealkylation sites (tertiary alicyclic amines) is 1. The first-order valence-corrected chi connectivity index (χ1v) is 6.46. The Bertz CT molecular complexity index is 433. The quantitative estimate of drug-likeness (QED) is 0.754. The fraction of sp³-hybridized carbons (Fsp3) is 0.769. The molecule has 106 valence electrons. The Kier molecular flexibility index (Phi) is 3.38. The minimum Gasteiger partial charge on any atom is -0.481 e. The largest absolute Gasteiger partial charge is 0.481 e. The average Bonchev–Trinajstić information content (AvgIpc) is 2.84. The number of nitrogens with zero attached hydrogens (tertiary/aromatic N) is 1. The predicted octanol–water partition coefficient (Wildman–Crippen LogP) is 0.507. The van der Waals surface area contributed by atoms with Crippen molar-refractivity contribution in [3.8, 4) is 0 Å². The molecule has 0 aromatic rings. The fourth-order valence-corrected chi connectivity index (χ4v) is 2.68. The summed E-state index contributed by atoms with van der Waals surface area (Å²) in [7, 11) is 0. The molecule has 0 aromatic carbocycles. The number of hydrogen-bond acceptors (Lipinski definition) is 4. The predicted molar refractivity (Wildman–Crippen MR) is 65.1 cm³/mol. The first-order valence-electron chi connectivity index (χ1n) is 6.46. The lowest BCUT2D eigenvalue weighted by molar-refractivity contribution is -0.149. The lowest BCUT2D eigenvalue weighted by Crippen LogP contribution is -2.48. The lowest BCUT2D eigenvalue weighted by Gasteiger charge is -2.29. The molecule has 3 atom stereocenters. The Morgan fingerprint density at radius 2 is 2.05 bits per heavy atom. The Balaban J connectivity index is 2.28. The molecule has 0 saturated carbocycles. The van der Waals surface area contributed by atoms with Crippen LogP contribution in [-0.4, -0.2) is 47.0 Å². The van der Waals surface area contributed by atoms with E-state index in [1.165, 1.54) is 0 Å². The van der Waals surface area contributed by atoms with Gasteiger partial charge in [0.2, 0.25) is 11.8 Å². The number of carboxylic acids is 1. The molecule has 2 aliphatic heterocycles. The van der Waals surface area contributed by atoms with Crippen LogP contribution in [0.3, 0.4) is 0 Å². The zero-order chi connectivity index (χ0) is 14.4. The van der Waals surface area contributed by atoms with E-state index in [1.807, 2.05) is 13.8 Å². The van der Waals surface area contributed by atoms with Crippen LogP contribution in [0.25, 0.3) is 0 Å². The van der Waals surface area contributed by atoms with Gasteiger partial charge >= 0.3 is 5.97 Å². The average molecular weight is 269 g/mol. The summed E-state index contributed by atoms with van der Waals surface area (Å²) >= 11 is 0. The number of carbonyl (C=O) groups excluding carboxylic acids is 2. The van der Waals surface area contributed by atoms with E-state index >= 15 is 0 Å². The van der Waals surface area contributed by atoms with Crippen molar-refractivity contribution in [1.82, 2.24) is 4.90 Å². The highest BCUT2D eigenvalue weighted by Crippen LogP contribution is 2.41. The number of carboxylic acid groups (broad SMARTS) is 1. The summed E-state index contributed by atoms with van der Waals surface area (Å²) < 4.78 is 5.14. The van der Waals surface area contributed by atoms with Crippen molar-refractivity contribution in [3.05, 3.63) is 0 Å². The number of carbonyl (C=O) groups is 3. The number of amides is 2. The fourth-order valence-electron chi connectivity index (χ4n) is 2.68. The molecule has 6 heteroatoms. The van der Waals surface area contributed by atoms with Crippen LogP contribution in [0.4, 0.5) is 0 Å². The van der Waals surface area contributed by atoms with Crippen molar-refractivity contribution in [1.29, 1.82) is 0 Å². The Hall–Kier alpha value is -1.43. The molecule has 2 saturated heterocycles. The van der Waals surface area contributed by atoms with Gasteiger partial charge < -0.3 is 9.84 Å². The summed E-state index contributed by atoms with van der Waals surface area (Å²) in [5.74, 6) is -2.37. The molecule has 19 heavy (non-hydrogen) atoms. The van der Waals surface area contributed by atoms with Crippen LogP contribution in [0.2, 0.25) is 0 Å². The van der Waals surface area contributed by atoms with Crippen molar-refractivity contribution in [3.63, 3.8) is 0 Å². The molecule has 0 aliphatic carbocycles. The minimum absolute atomic E-state index is 0.0274. The van der Waals surface area contributed by atoms with Crippen molar-refractivity contribution in [2.75, 3.05) is 13.2 Å². The van der Waals surface area contributed by atoms with Gasteiger partial charge in [0.15, 0.2) is 0 Å². The summed E-state index contributed by atoms with van der Waals surface area (Å²) in [4.78, 5) is 36.9. The normalized spacial score (nSPS) is 35.5. The van der Waals surface area contributed by atoms with E-state index in [2.05, 4.69) is 0 Å². The lowest BCUT2D eigenvalue weighted by atomic mass is 9.77. The Morgan fingerprint density at radius 1 is 1.42 bits per heavy atom. The second kappa shape index (κ2) is 4.59. The van der Waals surface area contributed by atoms with Crippen molar-refractivity contribution in [2.24, 2.45) is 17.3 Å². The van der Waals surface area contributed by atoms with Crippen LogP contribution in [0.1, 0.15) is 27.2 Å². The van der Waals surface area contributed by atoms with Crippen LogP contribution >= 0.6 is 0 Å². The van der Waals surface area contributed by atoms with Crippen molar-refractivity contribution < 1.29 is 24.2 Å². The van der Waals surface area contributed by atoms with E-state index in [9.17, 15) is 14.4 Å². The molecule has 0 spiro atoms. The van der Waals surface area contributed by atoms with Gasteiger partial charge in [0.25, 0.3) is 0 Å². The van der Waals surface area contributed by atoms with Crippen molar-refractivity contribution in [2.45, 2.75) is 33.2 Å². The number of imide groups is 1. The smallest absolute Gasteiger partial charge is 0.311 e. The topological polar surface area (TPSA) is 83.9 Å². The highest BCUT2D eigenvalue weighted by molar-refractivity contribution is 6.06. The van der Waals surface area contributed by atoms with Gasteiger partial charge in [0.05, 0.1) is 24.7 Å². The van der Waals surface area contributed by atoms with Crippen LogP contribution < -0.4 is 0 Å². The van der Waals surface area contributed by atoms with Gasteiger partial charge in [-0.3, -0.25) is 19.3 Å². The SMILES string of the molecule is CC(C)C1(C)CC(=O)N(C2COCC2C(=O)O)C1=O. The summed E-state index contributed by atoms with van der Waals surface area (Å²) in [5.41, 5.74) is -0.733. The molecular formula is C13H19NO5. The highest BCUT2D eigenvalue weighted by Gasteiger charge is 2.55. The Labute approximate surface area is 111 Å². The van der Waals surface area contributed by atoms with E-state index < -0.39 is 23.3 Å². The standard InChI is InChI=1S/C13H19NO5/c1-7(2)13(3)4-10(15)14(12(13)18)9-6-19-5-8(9)11(16)17/h7-9H,4-6H2,1-3H3,(H,16,17).